The molecule has 0 aromatic heterocycles. The van der Waals surface area contributed by atoms with Gasteiger partial charge in [0.25, 0.3) is 5.91 Å². The lowest BCUT2D eigenvalue weighted by molar-refractivity contribution is -0.122. The molecule has 1 atom stereocenters. The minimum absolute atomic E-state index is 0.122. The van der Waals surface area contributed by atoms with Crippen molar-refractivity contribution in [3.8, 4) is 5.75 Å². The third-order valence-electron chi connectivity index (χ3n) is 2.97. The Balaban J connectivity index is 2.07. The van der Waals surface area contributed by atoms with Crippen LogP contribution in [0.5, 0.6) is 5.75 Å². The molecular formula is C16H13BrFNO4. The molecule has 7 heteroatoms. The second kappa shape index (κ2) is 7.23. The van der Waals surface area contributed by atoms with Crippen molar-refractivity contribution in [1.29, 1.82) is 0 Å². The van der Waals surface area contributed by atoms with E-state index < -0.39 is 23.8 Å². The summed E-state index contributed by atoms with van der Waals surface area (Å²) in [5.41, 5.74) is -0.329. The van der Waals surface area contributed by atoms with Crippen molar-refractivity contribution in [3.05, 3.63) is 58.3 Å². The maximum atomic E-state index is 13.7. The van der Waals surface area contributed by atoms with Gasteiger partial charge in [-0.15, -0.1) is 0 Å². The second-order valence-electron chi connectivity index (χ2n) is 4.70. The summed E-state index contributed by atoms with van der Waals surface area (Å²) >= 11 is 3.29. The van der Waals surface area contributed by atoms with Gasteiger partial charge in [-0.3, -0.25) is 4.79 Å². The first-order valence-electron chi connectivity index (χ1n) is 6.63. The molecule has 23 heavy (non-hydrogen) atoms. The minimum atomic E-state index is -1.21. The van der Waals surface area contributed by atoms with Crippen molar-refractivity contribution >= 4 is 33.5 Å². The van der Waals surface area contributed by atoms with E-state index in [0.717, 1.165) is 22.7 Å². The summed E-state index contributed by atoms with van der Waals surface area (Å²) < 4.78 is 20.0. The first-order chi connectivity index (χ1) is 10.9. The number of aromatic carboxylic acids is 1. The van der Waals surface area contributed by atoms with Crippen LogP contribution in [0.1, 0.15) is 17.3 Å². The molecule has 0 bridgehead atoms. The number of nitrogens with one attached hydrogen (secondary N) is 1. The SMILES string of the molecule is CC(Oc1ccc(Br)cc1)C(=O)Nc1cc(C(=O)O)ccc1F. The Morgan fingerprint density at radius 1 is 1.22 bits per heavy atom. The van der Waals surface area contributed by atoms with E-state index in [9.17, 15) is 14.0 Å². The molecule has 0 radical (unpaired) electrons. The van der Waals surface area contributed by atoms with E-state index in [1.54, 1.807) is 24.3 Å². The van der Waals surface area contributed by atoms with Gasteiger partial charge in [0, 0.05) is 4.47 Å². The first-order valence-corrected chi connectivity index (χ1v) is 7.42. The van der Waals surface area contributed by atoms with Gasteiger partial charge in [0.1, 0.15) is 11.6 Å². The quantitative estimate of drug-likeness (QED) is 0.827. The van der Waals surface area contributed by atoms with Crippen molar-refractivity contribution in [2.75, 3.05) is 5.32 Å². The van der Waals surface area contributed by atoms with Crippen molar-refractivity contribution in [2.24, 2.45) is 0 Å². The topological polar surface area (TPSA) is 75.6 Å². The number of carbonyl (C=O) groups excluding carboxylic acids is 1. The van der Waals surface area contributed by atoms with Gasteiger partial charge in [-0.25, -0.2) is 9.18 Å². The van der Waals surface area contributed by atoms with Gasteiger partial charge in [0.05, 0.1) is 11.3 Å². The van der Waals surface area contributed by atoms with E-state index in [1.807, 2.05) is 0 Å². The van der Waals surface area contributed by atoms with E-state index in [1.165, 1.54) is 6.92 Å². The number of hydrogen-bond acceptors (Lipinski definition) is 3. The molecule has 0 spiro atoms. The van der Waals surface area contributed by atoms with E-state index in [-0.39, 0.29) is 11.3 Å². The first kappa shape index (κ1) is 17.0. The number of hydrogen-bond donors (Lipinski definition) is 2. The number of anilines is 1. The fourth-order valence-electron chi connectivity index (χ4n) is 1.76. The standard InChI is InChI=1S/C16H13BrFNO4/c1-9(23-12-5-3-11(17)4-6-12)15(20)19-14-8-10(16(21)22)2-7-13(14)18/h2-9H,1H3,(H,19,20)(H,21,22). The number of ether oxygens (including phenoxy) is 1. The van der Waals surface area contributed by atoms with E-state index >= 15 is 0 Å². The monoisotopic (exact) mass is 381 g/mol. The Kier molecular flexibility index (Phi) is 5.33. The molecule has 0 saturated heterocycles. The third-order valence-corrected chi connectivity index (χ3v) is 3.50. The average molecular weight is 382 g/mol. The Hall–Kier alpha value is -2.41. The molecule has 2 N–H and O–H groups in total. The largest absolute Gasteiger partial charge is 0.481 e. The van der Waals surface area contributed by atoms with Gasteiger partial charge in [-0.1, -0.05) is 15.9 Å². The highest BCUT2D eigenvalue weighted by atomic mass is 79.9. The predicted molar refractivity (Wildman–Crippen MR) is 86.2 cm³/mol. The lowest BCUT2D eigenvalue weighted by Crippen LogP contribution is -2.30. The number of halogens is 2. The molecule has 0 fully saturated rings. The molecular weight excluding hydrogens is 369 g/mol. The van der Waals surface area contributed by atoms with Crippen LogP contribution in [0.15, 0.2) is 46.9 Å². The van der Waals surface area contributed by atoms with Gasteiger partial charge in [-0.05, 0) is 49.4 Å². The molecule has 2 aromatic carbocycles. The Morgan fingerprint density at radius 3 is 2.48 bits per heavy atom. The summed E-state index contributed by atoms with van der Waals surface area (Å²) in [7, 11) is 0. The van der Waals surface area contributed by atoms with E-state index in [2.05, 4.69) is 21.2 Å². The van der Waals surface area contributed by atoms with Gasteiger partial charge in [0.15, 0.2) is 6.10 Å². The van der Waals surface area contributed by atoms with Crippen molar-refractivity contribution < 1.29 is 23.8 Å². The van der Waals surface area contributed by atoms with Crippen LogP contribution < -0.4 is 10.1 Å². The molecule has 0 aliphatic heterocycles. The van der Waals surface area contributed by atoms with Crippen LogP contribution in [-0.4, -0.2) is 23.1 Å². The number of carboxylic acid groups (broad SMARTS) is 1. The molecule has 0 aliphatic rings. The summed E-state index contributed by atoms with van der Waals surface area (Å²) in [5, 5.41) is 11.2. The fourth-order valence-corrected chi connectivity index (χ4v) is 2.02. The summed E-state index contributed by atoms with van der Waals surface area (Å²) in [5.74, 6) is -2.04. The molecule has 2 aromatic rings. The van der Waals surface area contributed by atoms with Gasteiger partial charge in [-0.2, -0.15) is 0 Å². The highest BCUT2D eigenvalue weighted by molar-refractivity contribution is 9.10. The van der Waals surface area contributed by atoms with Crippen LogP contribution in [-0.2, 0) is 4.79 Å². The van der Waals surface area contributed by atoms with Gasteiger partial charge in [0.2, 0.25) is 0 Å². The molecule has 0 aliphatic carbocycles. The Labute approximate surface area is 140 Å². The smallest absolute Gasteiger partial charge is 0.335 e. The maximum Gasteiger partial charge on any atom is 0.335 e. The maximum absolute atomic E-state index is 13.7. The van der Waals surface area contributed by atoms with Crippen LogP contribution in [0.3, 0.4) is 0 Å². The number of amides is 1. The van der Waals surface area contributed by atoms with E-state index in [0.29, 0.717) is 5.75 Å². The molecule has 5 nitrogen and oxygen atoms in total. The van der Waals surface area contributed by atoms with Gasteiger partial charge < -0.3 is 15.2 Å². The summed E-state index contributed by atoms with van der Waals surface area (Å²) in [6.45, 7) is 1.51. The van der Waals surface area contributed by atoms with Crippen molar-refractivity contribution in [3.63, 3.8) is 0 Å². The minimum Gasteiger partial charge on any atom is -0.481 e. The second-order valence-corrected chi connectivity index (χ2v) is 5.62. The normalized spacial score (nSPS) is 11.6. The molecule has 1 unspecified atom stereocenters. The third kappa shape index (κ3) is 4.53. The van der Waals surface area contributed by atoms with Crippen LogP contribution >= 0.6 is 15.9 Å². The van der Waals surface area contributed by atoms with Crippen LogP contribution in [0.2, 0.25) is 0 Å². The van der Waals surface area contributed by atoms with Gasteiger partial charge >= 0.3 is 5.97 Å². The zero-order chi connectivity index (χ0) is 17.0. The average Bonchev–Trinajstić information content (AvgIpc) is 2.51. The zero-order valence-corrected chi connectivity index (χ0v) is 13.6. The summed E-state index contributed by atoms with van der Waals surface area (Å²) in [4.78, 5) is 22.9. The molecule has 0 heterocycles. The van der Waals surface area contributed by atoms with Crippen LogP contribution in [0.4, 0.5) is 10.1 Å². The Morgan fingerprint density at radius 2 is 1.87 bits per heavy atom. The lowest BCUT2D eigenvalue weighted by atomic mass is 10.2. The fraction of sp³-hybridized carbons (Fsp3) is 0.125. The van der Waals surface area contributed by atoms with Crippen LogP contribution in [0, 0.1) is 5.82 Å². The number of rotatable bonds is 5. The predicted octanol–water partition coefficient (Wildman–Crippen LogP) is 3.69. The molecule has 1 amide bonds. The Bertz CT molecular complexity index is 733. The highest BCUT2D eigenvalue weighted by Crippen LogP contribution is 2.19. The number of carbonyl (C=O) groups is 2. The molecule has 0 saturated carbocycles. The molecule has 120 valence electrons. The van der Waals surface area contributed by atoms with Crippen molar-refractivity contribution in [2.45, 2.75) is 13.0 Å². The van der Waals surface area contributed by atoms with E-state index in [4.69, 9.17) is 9.84 Å². The van der Waals surface area contributed by atoms with Crippen molar-refractivity contribution in [1.82, 2.24) is 0 Å². The van der Waals surface area contributed by atoms with Crippen LogP contribution in [0.25, 0.3) is 0 Å². The lowest BCUT2D eigenvalue weighted by Gasteiger charge is -2.15. The zero-order valence-electron chi connectivity index (χ0n) is 12.0. The summed E-state index contributed by atoms with van der Waals surface area (Å²) in [6, 6.07) is 10.0. The molecule has 2 rings (SSSR count). The number of benzene rings is 2. The summed E-state index contributed by atoms with van der Waals surface area (Å²) in [6.07, 6.45) is -0.885. The number of carboxylic acids is 1. The highest BCUT2D eigenvalue weighted by Gasteiger charge is 2.17.